The zero-order chi connectivity index (χ0) is 15.4. The van der Waals surface area contributed by atoms with Gasteiger partial charge in [-0.05, 0) is 29.7 Å². The topological polar surface area (TPSA) is 40.5 Å². The van der Waals surface area contributed by atoms with E-state index in [1.54, 1.807) is 12.2 Å². The molecule has 110 valence electrons. The van der Waals surface area contributed by atoms with Crippen LogP contribution in [0.3, 0.4) is 0 Å². The van der Waals surface area contributed by atoms with Crippen molar-refractivity contribution >= 4 is 22.4 Å². The molecule has 2 nitrogen and oxygen atoms in total. The van der Waals surface area contributed by atoms with Crippen LogP contribution in [-0.2, 0) is 0 Å². The fourth-order valence-corrected chi connectivity index (χ4v) is 2.91. The minimum absolute atomic E-state index is 0.407. The third kappa shape index (κ3) is 3.18. The van der Waals surface area contributed by atoms with Gasteiger partial charge in [0.2, 0.25) is 0 Å². The molecule has 0 aliphatic carbocycles. The number of rotatable bonds is 6. The van der Waals surface area contributed by atoms with Crippen molar-refractivity contribution in [3.63, 3.8) is 0 Å². The van der Waals surface area contributed by atoms with E-state index in [4.69, 9.17) is 11.6 Å². The van der Waals surface area contributed by atoms with Crippen molar-refractivity contribution in [1.29, 1.82) is 0 Å². The highest BCUT2D eigenvalue weighted by Gasteiger charge is 2.20. The van der Waals surface area contributed by atoms with E-state index in [-0.39, 0.29) is 0 Å². The number of hydrogen-bond donors (Lipinski definition) is 2. The SMILES string of the molecule is C=CCC(O)c1cc2ccccc2c(C(O)CC=C)c1Cl. The molecule has 0 saturated heterocycles. The molecule has 0 spiro atoms. The molecule has 2 N–H and O–H groups in total. The molecule has 2 atom stereocenters. The summed E-state index contributed by atoms with van der Waals surface area (Å²) in [5.41, 5.74) is 1.26. The van der Waals surface area contributed by atoms with Gasteiger partial charge in [0.15, 0.2) is 0 Å². The molecule has 0 aliphatic heterocycles. The van der Waals surface area contributed by atoms with Gasteiger partial charge in [-0.2, -0.15) is 0 Å². The lowest BCUT2D eigenvalue weighted by Gasteiger charge is -2.20. The standard InChI is InChI=1S/C18H19ClO2/c1-3-7-15(20)14-11-12-9-5-6-10-13(12)17(18(14)19)16(21)8-4-2/h3-6,9-11,15-16,20-21H,1-2,7-8H2. The van der Waals surface area contributed by atoms with Gasteiger partial charge >= 0.3 is 0 Å². The Kier molecular flexibility index (Phi) is 5.18. The van der Waals surface area contributed by atoms with Crippen LogP contribution >= 0.6 is 11.6 Å². The Labute approximate surface area is 130 Å². The van der Waals surface area contributed by atoms with Crippen LogP contribution in [0.4, 0.5) is 0 Å². The second kappa shape index (κ2) is 6.90. The Morgan fingerprint density at radius 2 is 1.67 bits per heavy atom. The first-order chi connectivity index (χ1) is 10.1. The zero-order valence-corrected chi connectivity index (χ0v) is 12.6. The first-order valence-electron chi connectivity index (χ1n) is 6.89. The maximum absolute atomic E-state index is 10.4. The predicted molar refractivity (Wildman–Crippen MR) is 88.5 cm³/mol. The van der Waals surface area contributed by atoms with Crippen LogP contribution in [0.25, 0.3) is 10.8 Å². The van der Waals surface area contributed by atoms with E-state index in [1.165, 1.54) is 0 Å². The minimum Gasteiger partial charge on any atom is -0.388 e. The first-order valence-corrected chi connectivity index (χ1v) is 7.26. The number of halogens is 1. The van der Waals surface area contributed by atoms with Gasteiger partial charge in [-0.25, -0.2) is 0 Å². The molecule has 0 heterocycles. The van der Waals surface area contributed by atoms with Gasteiger partial charge in [0, 0.05) is 11.1 Å². The molecule has 2 unspecified atom stereocenters. The van der Waals surface area contributed by atoms with Gasteiger partial charge in [-0.1, -0.05) is 48.0 Å². The van der Waals surface area contributed by atoms with Gasteiger partial charge in [0.1, 0.15) is 0 Å². The molecule has 0 aliphatic rings. The van der Waals surface area contributed by atoms with Gasteiger partial charge in [-0.3, -0.25) is 0 Å². The largest absolute Gasteiger partial charge is 0.388 e. The van der Waals surface area contributed by atoms with E-state index < -0.39 is 12.2 Å². The molecule has 0 amide bonds. The monoisotopic (exact) mass is 302 g/mol. The Hall–Kier alpha value is -1.61. The Bertz CT molecular complexity index is 664. The van der Waals surface area contributed by atoms with Crippen LogP contribution < -0.4 is 0 Å². The predicted octanol–water partition coefficient (Wildman–Crippen LogP) is 4.71. The summed E-state index contributed by atoms with van der Waals surface area (Å²) in [5, 5.41) is 22.9. The third-order valence-corrected chi connectivity index (χ3v) is 3.95. The molecule has 2 aromatic rings. The van der Waals surface area contributed by atoms with Crippen LogP contribution in [-0.4, -0.2) is 10.2 Å². The average molecular weight is 303 g/mol. The van der Waals surface area contributed by atoms with Crippen molar-refractivity contribution in [3.05, 3.63) is 71.8 Å². The maximum atomic E-state index is 10.4. The Morgan fingerprint density at radius 1 is 1.05 bits per heavy atom. The highest BCUT2D eigenvalue weighted by molar-refractivity contribution is 6.33. The summed E-state index contributed by atoms with van der Waals surface area (Å²) in [4.78, 5) is 0. The molecule has 0 saturated carbocycles. The molecule has 0 fully saturated rings. The molecule has 0 aromatic heterocycles. The summed E-state index contributed by atoms with van der Waals surface area (Å²) < 4.78 is 0. The van der Waals surface area contributed by atoms with Crippen LogP contribution in [0.1, 0.15) is 36.2 Å². The summed E-state index contributed by atoms with van der Waals surface area (Å²) in [6.07, 6.45) is 2.66. The van der Waals surface area contributed by atoms with Crippen molar-refractivity contribution in [1.82, 2.24) is 0 Å². The number of benzene rings is 2. The molecule has 3 heteroatoms. The normalized spacial score (nSPS) is 13.9. The molecule has 2 aromatic carbocycles. The van der Waals surface area contributed by atoms with E-state index in [0.29, 0.717) is 29.0 Å². The summed E-state index contributed by atoms with van der Waals surface area (Å²) in [5.74, 6) is 0. The van der Waals surface area contributed by atoms with Crippen molar-refractivity contribution in [2.24, 2.45) is 0 Å². The molecule has 0 bridgehead atoms. The molecule has 2 rings (SSSR count). The number of fused-ring (bicyclic) bond motifs is 1. The maximum Gasteiger partial charge on any atom is 0.0844 e. The second-order valence-corrected chi connectivity index (χ2v) is 5.37. The number of hydrogen-bond acceptors (Lipinski definition) is 2. The fraction of sp³-hybridized carbons (Fsp3) is 0.222. The lowest BCUT2D eigenvalue weighted by Crippen LogP contribution is -2.04. The third-order valence-electron chi connectivity index (χ3n) is 3.52. The lowest BCUT2D eigenvalue weighted by atomic mass is 9.93. The summed E-state index contributed by atoms with van der Waals surface area (Å²) in [7, 11) is 0. The highest BCUT2D eigenvalue weighted by atomic mass is 35.5. The highest BCUT2D eigenvalue weighted by Crippen LogP contribution is 2.38. The minimum atomic E-state index is -0.740. The van der Waals surface area contributed by atoms with Crippen LogP contribution in [0.15, 0.2) is 55.6 Å². The van der Waals surface area contributed by atoms with E-state index in [9.17, 15) is 10.2 Å². The summed E-state index contributed by atoms with van der Waals surface area (Å²) in [6.45, 7) is 7.30. The van der Waals surface area contributed by atoms with Crippen molar-refractivity contribution in [3.8, 4) is 0 Å². The van der Waals surface area contributed by atoms with E-state index in [2.05, 4.69) is 13.2 Å². The van der Waals surface area contributed by atoms with Crippen molar-refractivity contribution < 1.29 is 10.2 Å². The smallest absolute Gasteiger partial charge is 0.0844 e. The summed E-state index contributed by atoms with van der Waals surface area (Å²) in [6, 6.07) is 9.56. The van der Waals surface area contributed by atoms with Gasteiger partial charge < -0.3 is 10.2 Å². The van der Waals surface area contributed by atoms with Crippen LogP contribution in [0.2, 0.25) is 5.02 Å². The van der Waals surface area contributed by atoms with Crippen molar-refractivity contribution in [2.75, 3.05) is 0 Å². The average Bonchev–Trinajstić information content (AvgIpc) is 2.47. The van der Waals surface area contributed by atoms with E-state index >= 15 is 0 Å². The number of aliphatic hydroxyl groups excluding tert-OH is 2. The molecule has 21 heavy (non-hydrogen) atoms. The van der Waals surface area contributed by atoms with Gasteiger partial charge in [-0.15, -0.1) is 13.2 Å². The second-order valence-electron chi connectivity index (χ2n) is 4.99. The van der Waals surface area contributed by atoms with Gasteiger partial charge in [0.25, 0.3) is 0 Å². The van der Waals surface area contributed by atoms with Gasteiger partial charge in [0.05, 0.1) is 17.2 Å². The first kappa shape index (κ1) is 15.8. The molecular formula is C18H19ClO2. The quantitative estimate of drug-likeness (QED) is 0.759. The Balaban J connectivity index is 2.69. The lowest BCUT2D eigenvalue weighted by molar-refractivity contribution is 0.176. The van der Waals surface area contributed by atoms with E-state index in [0.717, 1.165) is 10.8 Å². The number of aliphatic hydroxyl groups is 2. The Morgan fingerprint density at radius 3 is 2.33 bits per heavy atom. The molecule has 0 radical (unpaired) electrons. The van der Waals surface area contributed by atoms with Crippen LogP contribution in [0.5, 0.6) is 0 Å². The molecular weight excluding hydrogens is 284 g/mol. The van der Waals surface area contributed by atoms with Crippen LogP contribution in [0, 0.1) is 0 Å². The fourth-order valence-electron chi connectivity index (χ4n) is 2.50. The zero-order valence-electron chi connectivity index (χ0n) is 11.8. The van der Waals surface area contributed by atoms with Crippen molar-refractivity contribution in [2.45, 2.75) is 25.0 Å². The summed E-state index contributed by atoms with van der Waals surface area (Å²) >= 11 is 6.46. The van der Waals surface area contributed by atoms with E-state index in [1.807, 2.05) is 30.3 Å².